The van der Waals surface area contributed by atoms with Crippen molar-refractivity contribution in [3.05, 3.63) is 0 Å². The molecule has 0 amide bonds. The van der Waals surface area contributed by atoms with E-state index < -0.39 is 0 Å². The molecular formula is C16H32N2. The molecule has 0 saturated carbocycles. The zero-order valence-electron chi connectivity index (χ0n) is 13.3. The maximum Gasteiger partial charge on any atom is 0.0257 e. The normalized spacial score (nSPS) is 32.3. The topological polar surface area (TPSA) is 6.48 Å². The van der Waals surface area contributed by atoms with Crippen LogP contribution in [0.25, 0.3) is 0 Å². The molecule has 2 heterocycles. The van der Waals surface area contributed by atoms with Crippen molar-refractivity contribution in [2.45, 2.75) is 77.9 Å². The number of hydrogen-bond acceptors (Lipinski definition) is 2. The highest BCUT2D eigenvalue weighted by Gasteiger charge is 2.42. The molecule has 2 aliphatic heterocycles. The van der Waals surface area contributed by atoms with Crippen molar-refractivity contribution in [2.75, 3.05) is 19.6 Å². The van der Waals surface area contributed by atoms with Crippen LogP contribution in [0.5, 0.6) is 0 Å². The highest BCUT2D eigenvalue weighted by atomic mass is 15.3. The molecule has 0 aromatic heterocycles. The lowest BCUT2D eigenvalue weighted by Crippen LogP contribution is -2.53. The van der Waals surface area contributed by atoms with Crippen molar-refractivity contribution in [3.8, 4) is 0 Å². The Labute approximate surface area is 114 Å². The Morgan fingerprint density at radius 3 is 2.06 bits per heavy atom. The number of likely N-dealkylation sites (tertiary alicyclic amines) is 2. The van der Waals surface area contributed by atoms with Gasteiger partial charge in [-0.3, -0.25) is 9.80 Å². The van der Waals surface area contributed by atoms with E-state index in [9.17, 15) is 0 Å². The van der Waals surface area contributed by atoms with E-state index in [0.717, 1.165) is 12.0 Å². The van der Waals surface area contributed by atoms with Crippen LogP contribution in [-0.4, -0.2) is 46.6 Å². The highest BCUT2D eigenvalue weighted by Crippen LogP contribution is 2.37. The summed E-state index contributed by atoms with van der Waals surface area (Å²) in [5.41, 5.74) is 0.647. The fourth-order valence-corrected chi connectivity index (χ4v) is 3.81. The van der Waals surface area contributed by atoms with Crippen LogP contribution in [0, 0.1) is 5.92 Å². The van der Waals surface area contributed by atoms with Crippen LogP contribution >= 0.6 is 0 Å². The Morgan fingerprint density at radius 1 is 0.833 bits per heavy atom. The molecule has 2 nitrogen and oxygen atoms in total. The molecule has 0 bridgehead atoms. The maximum absolute atomic E-state index is 2.77. The van der Waals surface area contributed by atoms with Gasteiger partial charge in [0.15, 0.2) is 0 Å². The summed E-state index contributed by atoms with van der Waals surface area (Å²) in [6, 6.07) is 0.784. The lowest BCUT2D eigenvalue weighted by atomic mass is 9.94. The van der Waals surface area contributed by atoms with Gasteiger partial charge in [0, 0.05) is 23.7 Å². The second kappa shape index (κ2) is 4.79. The Bertz CT molecular complexity index is 284. The van der Waals surface area contributed by atoms with Crippen molar-refractivity contribution in [2.24, 2.45) is 5.92 Å². The molecule has 0 spiro atoms. The summed E-state index contributed by atoms with van der Waals surface area (Å²) in [6.07, 6.45) is 4.24. The molecule has 2 heteroatoms. The Kier molecular flexibility index (Phi) is 3.81. The minimum atomic E-state index is 0.320. The van der Waals surface area contributed by atoms with E-state index in [2.05, 4.69) is 51.3 Å². The lowest BCUT2D eigenvalue weighted by molar-refractivity contribution is 0.0562. The SMILES string of the molecule is CC(C)(C)N1CCCC2CCN(C(C)(C)C)C2C1. The Hall–Kier alpha value is -0.0800. The van der Waals surface area contributed by atoms with Crippen LogP contribution in [0.4, 0.5) is 0 Å². The van der Waals surface area contributed by atoms with E-state index in [0.29, 0.717) is 11.1 Å². The molecule has 2 aliphatic rings. The zero-order valence-corrected chi connectivity index (χ0v) is 13.3. The van der Waals surface area contributed by atoms with Crippen molar-refractivity contribution in [1.82, 2.24) is 9.80 Å². The maximum atomic E-state index is 2.77. The predicted octanol–water partition coefficient (Wildman–Crippen LogP) is 3.37. The summed E-state index contributed by atoms with van der Waals surface area (Å²) in [7, 11) is 0. The van der Waals surface area contributed by atoms with Crippen LogP contribution in [0.2, 0.25) is 0 Å². The molecule has 0 N–H and O–H groups in total. The highest BCUT2D eigenvalue weighted by molar-refractivity contribution is 4.97. The second-order valence-electron chi connectivity index (χ2n) is 8.24. The molecule has 0 aromatic rings. The third-order valence-electron chi connectivity index (χ3n) is 4.91. The Morgan fingerprint density at radius 2 is 1.50 bits per heavy atom. The molecule has 2 unspecified atom stereocenters. The Balaban J connectivity index is 2.15. The van der Waals surface area contributed by atoms with Crippen LogP contribution in [0.3, 0.4) is 0 Å². The average Bonchev–Trinajstić information content (AvgIpc) is 2.47. The largest absolute Gasteiger partial charge is 0.297 e. The standard InChI is InChI=1S/C16H32N2/c1-15(2,3)17-10-7-8-13-9-11-18(14(13)12-17)16(4,5)6/h13-14H,7-12H2,1-6H3. The third kappa shape index (κ3) is 2.91. The van der Waals surface area contributed by atoms with Crippen LogP contribution in [0.1, 0.15) is 60.8 Å². The van der Waals surface area contributed by atoms with Crippen LogP contribution < -0.4 is 0 Å². The van der Waals surface area contributed by atoms with E-state index in [1.165, 1.54) is 38.9 Å². The van der Waals surface area contributed by atoms with Gasteiger partial charge in [0.1, 0.15) is 0 Å². The summed E-state index contributed by atoms with van der Waals surface area (Å²) in [4.78, 5) is 5.48. The summed E-state index contributed by atoms with van der Waals surface area (Å²) < 4.78 is 0. The van der Waals surface area contributed by atoms with Gasteiger partial charge in [0.05, 0.1) is 0 Å². The van der Waals surface area contributed by atoms with Gasteiger partial charge in [-0.05, 0) is 79.8 Å². The molecule has 0 radical (unpaired) electrons. The average molecular weight is 252 g/mol. The van der Waals surface area contributed by atoms with Crippen LogP contribution in [0.15, 0.2) is 0 Å². The number of hydrogen-bond donors (Lipinski definition) is 0. The van der Waals surface area contributed by atoms with E-state index in [-0.39, 0.29) is 0 Å². The van der Waals surface area contributed by atoms with Gasteiger partial charge in [-0.1, -0.05) is 0 Å². The molecule has 2 atom stereocenters. The zero-order chi connectivity index (χ0) is 13.6. The van der Waals surface area contributed by atoms with Gasteiger partial charge in [-0.15, -0.1) is 0 Å². The van der Waals surface area contributed by atoms with E-state index in [1.54, 1.807) is 0 Å². The fourth-order valence-electron chi connectivity index (χ4n) is 3.81. The molecule has 2 rings (SSSR count). The van der Waals surface area contributed by atoms with Gasteiger partial charge < -0.3 is 0 Å². The number of rotatable bonds is 0. The molecule has 2 saturated heterocycles. The molecule has 18 heavy (non-hydrogen) atoms. The molecule has 2 fully saturated rings. The van der Waals surface area contributed by atoms with Crippen molar-refractivity contribution in [1.29, 1.82) is 0 Å². The van der Waals surface area contributed by atoms with Gasteiger partial charge in [0.25, 0.3) is 0 Å². The molecule has 106 valence electrons. The van der Waals surface area contributed by atoms with E-state index in [4.69, 9.17) is 0 Å². The lowest BCUT2D eigenvalue weighted by Gasteiger charge is -2.42. The molecule has 0 aliphatic carbocycles. The summed E-state index contributed by atoms with van der Waals surface area (Å²) >= 11 is 0. The van der Waals surface area contributed by atoms with Gasteiger partial charge >= 0.3 is 0 Å². The summed E-state index contributed by atoms with van der Waals surface area (Å²) in [6.45, 7) is 18.1. The van der Waals surface area contributed by atoms with Gasteiger partial charge in [-0.25, -0.2) is 0 Å². The van der Waals surface area contributed by atoms with Crippen molar-refractivity contribution >= 4 is 0 Å². The van der Waals surface area contributed by atoms with Crippen molar-refractivity contribution in [3.63, 3.8) is 0 Å². The van der Waals surface area contributed by atoms with Crippen LogP contribution in [-0.2, 0) is 0 Å². The van der Waals surface area contributed by atoms with Crippen molar-refractivity contribution < 1.29 is 0 Å². The quantitative estimate of drug-likeness (QED) is 0.652. The molecule has 0 aromatic carbocycles. The minimum Gasteiger partial charge on any atom is -0.297 e. The number of fused-ring (bicyclic) bond motifs is 1. The summed E-state index contributed by atoms with van der Waals surface area (Å²) in [5.74, 6) is 0.941. The first-order valence-corrected chi connectivity index (χ1v) is 7.71. The first-order chi connectivity index (χ1) is 8.19. The minimum absolute atomic E-state index is 0.320. The summed E-state index contributed by atoms with van der Waals surface area (Å²) in [5, 5.41) is 0. The predicted molar refractivity (Wildman–Crippen MR) is 78.9 cm³/mol. The fraction of sp³-hybridized carbons (Fsp3) is 1.00. The van der Waals surface area contributed by atoms with E-state index >= 15 is 0 Å². The smallest absolute Gasteiger partial charge is 0.0257 e. The first-order valence-electron chi connectivity index (χ1n) is 7.71. The second-order valence-corrected chi connectivity index (χ2v) is 8.24. The van der Waals surface area contributed by atoms with Gasteiger partial charge in [-0.2, -0.15) is 0 Å². The van der Waals surface area contributed by atoms with Gasteiger partial charge in [0.2, 0.25) is 0 Å². The monoisotopic (exact) mass is 252 g/mol. The third-order valence-corrected chi connectivity index (χ3v) is 4.91. The number of nitrogens with zero attached hydrogens (tertiary/aromatic N) is 2. The van der Waals surface area contributed by atoms with E-state index in [1.807, 2.05) is 0 Å². The molecular weight excluding hydrogens is 220 g/mol. The first kappa shape index (κ1) is 14.3.